The van der Waals surface area contributed by atoms with Gasteiger partial charge in [0.05, 0.1) is 10.6 Å². The first-order chi connectivity index (χ1) is 10.3. The fourth-order valence-electron chi connectivity index (χ4n) is 3.24. The van der Waals surface area contributed by atoms with Gasteiger partial charge in [-0.3, -0.25) is 0 Å². The first-order valence-electron chi connectivity index (χ1n) is 7.51. The molecule has 0 saturated carbocycles. The molecule has 0 bridgehead atoms. The minimum absolute atomic E-state index is 0.428. The number of hydrogen-bond acceptors (Lipinski definition) is 6. The van der Waals surface area contributed by atoms with E-state index in [1.165, 1.54) is 51.4 Å². The second-order valence-corrected chi connectivity index (χ2v) is 9.40. The van der Waals surface area contributed by atoms with Crippen molar-refractivity contribution < 1.29 is 0 Å². The van der Waals surface area contributed by atoms with E-state index in [4.69, 9.17) is 9.97 Å². The van der Waals surface area contributed by atoms with Crippen LogP contribution in [0, 0.1) is 0 Å². The lowest BCUT2D eigenvalue weighted by molar-refractivity contribution is 0.834. The van der Waals surface area contributed by atoms with Crippen LogP contribution in [0.2, 0.25) is 0 Å². The molecule has 1 saturated heterocycles. The molecule has 21 heavy (non-hydrogen) atoms. The molecule has 0 spiro atoms. The third kappa shape index (κ3) is 2.35. The average molecular weight is 338 g/mol. The predicted molar refractivity (Wildman–Crippen MR) is 96.1 cm³/mol. The van der Waals surface area contributed by atoms with Crippen LogP contribution in [0.5, 0.6) is 0 Å². The van der Waals surface area contributed by atoms with Crippen molar-refractivity contribution in [3.8, 4) is 0 Å². The highest BCUT2D eigenvalue weighted by molar-refractivity contribution is 8.06. The van der Waals surface area contributed by atoms with Gasteiger partial charge in [-0.05, 0) is 24.8 Å². The summed E-state index contributed by atoms with van der Waals surface area (Å²) in [5.74, 6) is 4.52. The molecule has 112 valence electrons. The molecule has 2 aliphatic rings. The Morgan fingerprint density at radius 1 is 1.14 bits per heavy atom. The standard InChI is InChI=1S/C15H19N3S3/c1-8-12(20-7-6-19-8)14-17-13(16-2)11-9-4-3-5-10(9)21-15(11)18-14/h8,12H,3-7H2,1-2H3,(H,16,17,18). The van der Waals surface area contributed by atoms with Gasteiger partial charge in [0.15, 0.2) is 0 Å². The second-order valence-electron chi connectivity index (χ2n) is 5.59. The van der Waals surface area contributed by atoms with E-state index in [9.17, 15) is 0 Å². The average Bonchev–Trinajstić information content (AvgIpc) is 3.07. The molecule has 0 amide bonds. The molecule has 0 aromatic carbocycles. The maximum atomic E-state index is 4.95. The van der Waals surface area contributed by atoms with Crippen molar-refractivity contribution in [2.75, 3.05) is 23.9 Å². The molecular formula is C15H19N3S3. The lowest BCUT2D eigenvalue weighted by Gasteiger charge is -2.26. The lowest BCUT2D eigenvalue weighted by Crippen LogP contribution is -2.18. The van der Waals surface area contributed by atoms with Crippen LogP contribution in [0.25, 0.3) is 10.2 Å². The fraction of sp³-hybridized carbons (Fsp3) is 0.600. The summed E-state index contributed by atoms with van der Waals surface area (Å²) in [5, 5.41) is 5.63. The number of aromatic nitrogens is 2. The Morgan fingerprint density at radius 2 is 2.00 bits per heavy atom. The van der Waals surface area contributed by atoms with Crippen LogP contribution in [-0.4, -0.2) is 33.8 Å². The Bertz CT molecular complexity index is 682. The smallest absolute Gasteiger partial charge is 0.146 e. The van der Waals surface area contributed by atoms with Gasteiger partial charge in [0, 0.05) is 28.7 Å². The minimum atomic E-state index is 0.428. The Balaban J connectivity index is 1.84. The predicted octanol–water partition coefficient (Wildman–Crippen LogP) is 4.13. The van der Waals surface area contributed by atoms with Crippen molar-refractivity contribution in [2.45, 2.75) is 36.7 Å². The van der Waals surface area contributed by atoms with Gasteiger partial charge in [0.2, 0.25) is 0 Å². The van der Waals surface area contributed by atoms with Crippen LogP contribution in [0.1, 0.15) is 34.9 Å². The summed E-state index contributed by atoms with van der Waals surface area (Å²) in [6, 6.07) is 0. The zero-order chi connectivity index (χ0) is 14.4. The largest absolute Gasteiger partial charge is 0.372 e. The summed E-state index contributed by atoms with van der Waals surface area (Å²) in [7, 11) is 1.98. The highest BCUT2D eigenvalue weighted by Gasteiger charge is 2.29. The summed E-state index contributed by atoms with van der Waals surface area (Å²) in [6.07, 6.45) is 3.70. The van der Waals surface area contributed by atoms with Crippen LogP contribution < -0.4 is 5.32 Å². The third-order valence-corrected chi connectivity index (χ3v) is 8.53. The van der Waals surface area contributed by atoms with Crippen LogP contribution in [0.15, 0.2) is 0 Å². The molecule has 1 aliphatic carbocycles. The van der Waals surface area contributed by atoms with Crippen molar-refractivity contribution in [3.05, 3.63) is 16.3 Å². The minimum Gasteiger partial charge on any atom is -0.372 e. The van der Waals surface area contributed by atoms with Crippen molar-refractivity contribution in [3.63, 3.8) is 0 Å². The van der Waals surface area contributed by atoms with E-state index >= 15 is 0 Å². The number of hydrogen-bond donors (Lipinski definition) is 1. The number of anilines is 1. The summed E-state index contributed by atoms with van der Waals surface area (Å²) >= 11 is 5.95. The molecule has 4 rings (SSSR count). The van der Waals surface area contributed by atoms with Gasteiger partial charge in [-0.15, -0.1) is 23.1 Å². The maximum absolute atomic E-state index is 4.95. The topological polar surface area (TPSA) is 37.8 Å². The number of aryl methyl sites for hydroxylation is 2. The van der Waals surface area contributed by atoms with E-state index in [0.29, 0.717) is 10.5 Å². The van der Waals surface area contributed by atoms with Gasteiger partial charge in [-0.25, -0.2) is 9.97 Å². The highest BCUT2D eigenvalue weighted by Crippen LogP contribution is 2.44. The van der Waals surface area contributed by atoms with Gasteiger partial charge in [-0.1, -0.05) is 6.92 Å². The van der Waals surface area contributed by atoms with E-state index in [0.717, 1.165) is 11.6 Å². The highest BCUT2D eigenvalue weighted by atomic mass is 32.2. The third-order valence-electron chi connectivity index (χ3n) is 4.26. The number of thioether (sulfide) groups is 2. The SMILES string of the molecule is CNc1nc(C2SCCSC2C)nc2sc3c(c12)CCC3. The van der Waals surface area contributed by atoms with Crippen molar-refractivity contribution in [2.24, 2.45) is 0 Å². The molecule has 1 N–H and O–H groups in total. The van der Waals surface area contributed by atoms with Gasteiger partial charge in [-0.2, -0.15) is 11.8 Å². The molecular weight excluding hydrogens is 318 g/mol. The number of thiophene rings is 1. The Kier molecular flexibility index (Phi) is 3.79. The van der Waals surface area contributed by atoms with Gasteiger partial charge in [0.1, 0.15) is 16.5 Å². The number of rotatable bonds is 2. The number of nitrogens with zero attached hydrogens (tertiary/aromatic N) is 2. The zero-order valence-electron chi connectivity index (χ0n) is 12.3. The van der Waals surface area contributed by atoms with Crippen LogP contribution in [0.3, 0.4) is 0 Å². The van der Waals surface area contributed by atoms with Crippen molar-refractivity contribution >= 4 is 50.9 Å². The summed E-state index contributed by atoms with van der Waals surface area (Å²) < 4.78 is 0. The van der Waals surface area contributed by atoms with Crippen LogP contribution >= 0.6 is 34.9 Å². The number of fused-ring (bicyclic) bond motifs is 3. The Hall–Kier alpha value is -0.460. The maximum Gasteiger partial charge on any atom is 0.146 e. The second kappa shape index (κ2) is 5.63. The normalized spacial score (nSPS) is 25.2. The monoisotopic (exact) mass is 337 g/mol. The quantitative estimate of drug-likeness (QED) is 0.892. The molecule has 0 radical (unpaired) electrons. The van der Waals surface area contributed by atoms with Crippen LogP contribution in [-0.2, 0) is 12.8 Å². The molecule has 3 heterocycles. The summed E-state index contributed by atoms with van der Waals surface area (Å²) in [5.41, 5.74) is 1.50. The molecule has 1 fully saturated rings. The van der Waals surface area contributed by atoms with Crippen molar-refractivity contribution in [1.29, 1.82) is 0 Å². The van der Waals surface area contributed by atoms with E-state index in [1.54, 1.807) is 0 Å². The van der Waals surface area contributed by atoms with Gasteiger partial charge in [0.25, 0.3) is 0 Å². The van der Waals surface area contributed by atoms with E-state index in [1.807, 2.05) is 41.9 Å². The van der Waals surface area contributed by atoms with E-state index in [-0.39, 0.29) is 0 Å². The van der Waals surface area contributed by atoms with Crippen molar-refractivity contribution in [1.82, 2.24) is 9.97 Å². The zero-order valence-corrected chi connectivity index (χ0v) is 14.8. The Morgan fingerprint density at radius 3 is 2.81 bits per heavy atom. The molecule has 1 aliphatic heterocycles. The van der Waals surface area contributed by atoms with Gasteiger partial charge >= 0.3 is 0 Å². The van der Waals surface area contributed by atoms with E-state index < -0.39 is 0 Å². The molecule has 2 aromatic heterocycles. The first kappa shape index (κ1) is 14.2. The lowest BCUT2D eigenvalue weighted by atomic mass is 10.2. The molecule has 2 aromatic rings. The van der Waals surface area contributed by atoms with Gasteiger partial charge < -0.3 is 5.32 Å². The van der Waals surface area contributed by atoms with E-state index in [2.05, 4.69) is 12.2 Å². The molecule has 3 nitrogen and oxygen atoms in total. The Labute approximate surface area is 137 Å². The number of nitrogens with one attached hydrogen (secondary N) is 1. The fourth-order valence-corrected chi connectivity index (χ4v) is 7.19. The summed E-state index contributed by atoms with van der Waals surface area (Å²) in [4.78, 5) is 12.6. The summed E-state index contributed by atoms with van der Waals surface area (Å²) in [6.45, 7) is 2.31. The molecule has 2 unspecified atom stereocenters. The first-order valence-corrected chi connectivity index (χ1v) is 10.4. The molecule has 2 atom stereocenters. The van der Waals surface area contributed by atoms with Crippen LogP contribution in [0.4, 0.5) is 5.82 Å². The molecule has 6 heteroatoms.